The summed E-state index contributed by atoms with van der Waals surface area (Å²) in [5.74, 6) is 0.786. The third-order valence-electron chi connectivity index (χ3n) is 2.10. The van der Waals surface area contributed by atoms with Crippen LogP contribution in [0, 0.1) is 0 Å². The van der Waals surface area contributed by atoms with Crippen LogP contribution in [0.3, 0.4) is 0 Å². The molecule has 92 valence electrons. The maximum atomic E-state index is 11.5. The van der Waals surface area contributed by atoms with Gasteiger partial charge in [-0.2, -0.15) is 0 Å². The van der Waals surface area contributed by atoms with Crippen LogP contribution in [0.5, 0.6) is 0 Å². The molecule has 0 bridgehead atoms. The summed E-state index contributed by atoms with van der Waals surface area (Å²) < 4.78 is 25.5. The molecule has 0 spiro atoms. The number of aromatic amines is 1. The van der Waals surface area contributed by atoms with E-state index in [1.54, 1.807) is 12.4 Å². The molecule has 0 aromatic carbocycles. The number of nitrogens with zero attached hydrogens (tertiary/aromatic N) is 1. The maximum absolute atomic E-state index is 11.5. The molecule has 0 radical (unpaired) electrons. The fraction of sp³-hybridized carbons (Fsp3) is 0.667. The number of H-pyrrole nitrogens is 1. The summed E-state index contributed by atoms with van der Waals surface area (Å²) in [7, 11) is -1.33. The van der Waals surface area contributed by atoms with Crippen molar-refractivity contribution in [3.8, 4) is 0 Å². The smallest absolute Gasteiger partial charge is 0.212 e. The van der Waals surface area contributed by atoms with Gasteiger partial charge in [-0.15, -0.1) is 0 Å². The molecule has 0 saturated carbocycles. The zero-order valence-electron chi connectivity index (χ0n) is 9.36. The normalized spacial score (nSPS) is 11.8. The molecule has 1 rings (SSSR count). The highest BCUT2D eigenvalue weighted by Gasteiger charge is 2.09. The van der Waals surface area contributed by atoms with Gasteiger partial charge in [0.2, 0.25) is 10.0 Å². The van der Waals surface area contributed by atoms with Crippen molar-refractivity contribution in [2.75, 3.05) is 19.3 Å². The van der Waals surface area contributed by atoms with Crippen LogP contribution in [-0.2, 0) is 16.6 Å². The van der Waals surface area contributed by atoms with Crippen LogP contribution in [-0.4, -0.2) is 37.7 Å². The Balaban J connectivity index is 2.23. The van der Waals surface area contributed by atoms with Gasteiger partial charge in [0.15, 0.2) is 0 Å². The summed E-state index contributed by atoms with van der Waals surface area (Å²) >= 11 is 0. The fourth-order valence-corrected chi connectivity index (χ4v) is 2.32. The Morgan fingerprint density at radius 3 is 2.88 bits per heavy atom. The molecular weight excluding hydrogens is 228 g/mol. The molecule has 0 saturated heterocycles. The molecule has 0 atom stereocenters. The van der Waals surface area contributed by atoms with E-state index in [2.05, 4.69) is 20.0 Å². The Bertz CT molecular complexity index is 374. The average molecular weight is 246 g/mol. The van der Waals surface area contributed by atoms with Crippen molar-refractivity contribution in [1.82, 2.24) is 20.0 Å². The molecule has 0 aliphatic carbocycles. The van der Waals surface area contributed by atoms with E-state index in [0.29, 0.717) is 12.2 Å². The quantitative estimate of drug-likeness (QED) is 0.556. The van der Waals surface area contributed by atoms with Gasteiger partial charge in [-0.05, 0) is 26.4 Å². The lowest BCUT2D eigenvalue weighted by Gasteiger charge is -2.04. The zero-order valence-corrected chi connectivity index (χ0v) is 10.2. The summed E-state index contributed by atoms with van der Waals surface area (Å²) in [5.41, 5.74) is 0. The first-order valence-electron chi connectivity index (χ1n) is 5.24. The Morgan fingerprint density at radius 2 is 2.25 bits per heavy atom. The Morgan fingerprint density at radius 1 is 1.44 bits per heavy atom. The predicted molar refractivity (Wildman–Crippen MR) is 62.4 cm³/mol. The molecule has 1 aromatic rings. The predicted octanol–water partition coefficient (Wildman–Crippen LogP) is -0.171. The molecule has 1 heterocycles. The van der Waals surface area contributed by atoms with Crippen molar-refractivity contribution >= 4 is 10.0 Å². The van der Waals surface area contributed by atoms with Crippen LogP contribution in [0.15, 0.2) is 12.4 Å². The van der Waals surface area contributed by atoms with Crippen LogP contribution in [0.2, 0.25) is 0 Å². The van der Waals surface area contributed by atoms with Crippen LogP contribution < -0.4 is 10.0 Å². The number of aromatic nitrogens is 2. The Hall–Kier alpha value is -0.920. The summed E-state index contributed by atoms with van der Waals surface area (Å²) in [6.07, 6.45) is 4.78. The number of hydrogen-bond acceptors (Lipinski definition) is 4. The zero-order chi connectivity index (χ0) is 11.9. The van der Waals surface area contributed by atoms with E-state index >= 15 is 0 Å². The van der Waals surface area contributed by atoms with Crippen LogP contribution in [0.4, 0.5) is 0 Å². The Labute approximate surface area is 95.9 Å². The molecule has 16 heavy (non-hydrogen) atoms. The lowest BCUT2D eigenvalue weighted by Crippen LogP contribution is -2.26. The number of hydrogen-bond donors (Lipinski definition) is 3. The van der Waals surface area contributed by atoms with E-state index in [4.69, 9.17) is 0 Å². The van der Waals surface area contributed by atoms with Gasteiger partial charge in [-0.1, -0.05) is 0 Å². The molecule has 0 fully saturated rings. The van der Waals surface area contributed by atoms with E-state index < -0.39 is 10.0 Å². The summed E-state index contributed by atoms with van der Waals surface area (Å²) in [4.78, 5) is 6.77. The maximum Gasteiger partial charge on any atom is 0.212 e. The highest BCUT2D eigenvalue weighted by molar-refractivity contribution is 7.89. The first kappa shape index (κ1) is 13.1. The van der Waals surface area contributed by atoms with Gasteiger partial charge >= 0.3 is 0 Å². The minimum atomic E-state index is -3.18. The van der Waals surface area contributed by atoms with E-state index in [0.717, 1.165) is 13.0 Å². The topological polar surface area (TPSA) is 86.9 Å². The van der Waals surface area contributed by atoms with E-state index in [1.165, 1.54) is 0 Å². The first-order chi connectivity index (χ1) is 7.64. The molecule has 0 aliphatic heterocycles. The average Bonchev–Trinajstić information content (AvgIpc) is 2.75. The first-order valence-corrected chi connectivity index (χ1v) is 6.89. The second kappa shape index (κ2) is 6.62. The SMILES string of the molecule is CNCCCCS(=O)(=O)NCc1ncc[nH]1. The van der Waals surface area contributed by atoms with Crippen molar-refractivity contribution < 1.29 is 8.42 Å². The lowest BCUT2D eigenvalue weighted by molar-refractivity contribution is 0.574. The molecule has 0 amide bonds. The molecule has 3 N–H and O–H groups in total. The van der Waals surface area contributed by atoms with Crippen molar-refractivity contribution in [1.29, 1.82) is 0 Å². The summed E-state index contributed by atoms with van der Waals surface area (Å²) in [5, 5.41) is 2.98. The van der Waals surface area contributed by atoms with Crippen molar-refractivity contribution in [3.63, 3.8) is 0 Å². The molecule has 0 aliphatic rings. The van der Waals surface area contributed by atoms with Gasteiger partial charge in [0, 0.05) is 12.4 Å². The second-order valence-corrected chi connectivity index (χ2v) is 5.41. The standard InChI is InChI=1S/C9H18N4O2S/c1-10-4-2-3-7-16(14,15)13-8-9-11-5-6-12-9/h5-6,10,13H,2-4,7-8H2,1H3,(H,11,12). The van der Waals surface area contributed by atoms with Gasteiger partial charge in [-0.3, -0.25) is 0 Å². The number of imidazole rings is 1. The van der Waals surface area contributed by atoms with Crippen molar-refractivity contribution in [3.05, 3.63) is 18.2 Å². The molecule has 6 nitrogen and oxygen atoms in total. The van der Waals surface area contributed by atoms with Gasteiger partial charge in [0.1, 0.15) is 5.82 Å². The minimum Gasteiger partial charge on any atom is -0.347 e. The Kier molecular flexibility index (Phi) is 5.44. The monoisotopic (exact) mass is 246 g/mol. The van der Waals surface area contributed by atoms with E-state index in [-0.39, 0.29) is 12.3 Å². The van der Waals surface area contributed by atoms with E-state index in [1.807, 2.05) is 7.05 Å². The number of rotatable bonds is 8. The minimum absolute atomic E-state index is 0.162. The molecular formula is C9H18N4O2S. The van der Waals surface area contributed by atoms with Crippen molar-refractivity contribution in [2.24, 2.45) is 0 Å². The highest BCUT2D eigenvalue weighted by Crippen LogP contribution is 1.95. The lowest BCUT2D eigenvalue weighted by atomic mass is 10.3. The van der Waals surface area contributed by atoms with Crippen LogP contribution >= 0.6 is 0 Å². The number of sulfonamides is 1. The van der Waals surface area contributed by atoms with Gasteiger partial charge in [-0.25, -0.2) is 18.1 Å². The molecule has 7 heteroatoms. The van der Waals surface area contributed by atoms with Crippen LogP contribution in [0.25, 0.3) is 0 Å². The van der Waals surface area contributed by atoms with Gasteiger partial charge in [0.25, 0.3) is 0 Å². The van der Waals surface area contributed by atoms with E-state index in [9.17, 15) is 8.42 Å². The number of nitrogens with one attached hydrogen (secondary N) is 3. The summed E-state index contributed by atoms with van der Waals surface area (Å²) in [6, 6.07) is 0. The molecule has 0 unspecified atom stereocenters. The fourth-order valence-electron chi connectivity index (χ4n) is 1.24. The second-order valence-electron chi connectivity index (χ2n) is 3.49. The number of unbranched alkanes of at least 4 members (excludes halogenated alkanes) is 1. The molecule has 1 aromatic heterocycles. The third kappa shape index (κ3) is 5.24. The van der Waals surface area contributed by atoms with Crippen LogP contribution in [0.1, 0.15) is 18.7 Å². The highest BCUT2D eigenvalue weighted by atomic mass is 32.2. The van der Waals surface area contributed by atoms with Gasteiger partial charge in [0.05, 0.1) is 12.3 Å². The van der Waals surface area contributed by atoms with Crippen molar-refractivity contribution in [2.45, 2.75) is 19.4 Å². The third-order valence-corrected chi connectivity index (χ3v) is 3.51. The summed E-state index contributed by atoms with van der Waals surface area (Å²) in [6.45, 7) is 1.06. The van der Waals surface area contributed by atoms with Gasteiger partial charge < -0.3 is 10.3 Å². The largest absolute Gasteiger partial charge is 0.347 e.